The third-order valence-corrected chi connectivity index (χ3v) is 4.28. The summed E-state index contributed by atoms with van der Waals surface area (Å²) in [6.07, 6.45) is 1.98. The van der Waals surface area contributed by atoms with Gasteiger partial charge in [0.2, 0.25) is 0 Å². The van der Waals surface area contributed by atoms with Gasteiger partial charge in [-0.1, -0.05) is 36.4 Å². The topological polar surface area (TPSA) is 20.3 Å². The lowest BCUT2D eigenvalue weighted by atomic mass is 10.0. The number of hydrogen-bond donors (Lipinski definition) is 0. The van der Waals surface area contributed by atoms with Crippen molar-refractivity contribution in [1.82, 2.24) is 0 Å². The van der Waals surface area contributed by atoms with Crippen LogP contribution in [0.2, 0.25) is 0 Å². The molecular formula is C16H12INO. The van der Waals surface area contributed by atoms with Crippen LogP contribution in [-0.4, -0.2) is 13.0 Å². The summed E-state index contributed by atoms with van der Waals surface area (Å²) < 4.78 is 1.15. The quantitative estimate of drug-likeness (QED) is 0.559. The van der Waals surface area contributed by atoms with Crippen LogP contribution in [0.5, 0.6) is 0 Å². The zero-order valence-electron chi connectivity index (χ0n) is 10.4. The van der Waals surface area contributed by atoms with Crippen LogP contribution < -0.4 is 4.90 Å². The van der Waals surface area contributed by atoms with E-state index in [1.54, 1.807) is 4.90 Å². The molecule has 1 aliphatic rings. The zero-order valence-corrected chi connectivity index (χ0v) is 12.6. The van der Waals surface area contributed by atoms with E-state index in [2.05, 4.69) is 22.6 Å². The number of anilines is 1. The lowest BCUT2D eigenvalue weighted by Gasteiger charge is -2.08. The Morgan fingerprint density at radius 2 is 1.74 bits per heavy atom. The first-order chi connectivity index (χ1) is 9.18. The van der Waals surface area contributed by atoms with Crippen molar-refractivity contribution in [3.63, 3.8) is 0 Å². The number of fused-ring (bicyclic) bond motifs is 1. The van der Waals surface area contributed by atoms with E-state index in [9.17, 15) is 4.79 Å². The SMILES string of the molecule is CN1C(=O)/C(=C\c2ccccc2I)c2ccccc21. The number of halogens is 1. The maximum atomic E-state index is 12.3. The highest BCUT2D eigenvalue weighted by molar-refractivity contribution is 14.1. The molecule has 0 unspecified atom stereocenters. The molecule has 2 nitrogen and oxygen atoms in total. The number of nitrogens with zero attached hydrogens (tertiary/aromatic N) is 1. The van der Waals surface area contributed by atoms with E-state index in [1.165, 1.54) is 0 Å². The maximum absolute atomic E-state index is 12.3. The lowest BCUT2D eigenvalue weighted by molar-refractivity contribution is -0.112. The molecule has 19 heavy (non-hydrogen) atoms. The van der Waals surface area contributed by atoms with Gasteiger partial charge in [-0.25, -0.2) is 0 Å². The minimum Gasteiger partial charge on any atom is -0.311 e. The Morgan fingerprint density at radius 3 is 2.53 bits per heavy atom. The first-order valence-electron chi connectivity index (χ1n) is 6.02. The Morgan fingerprint density at radius 1 is 1.05 bits per heavy atom. The van der Waals surface area contributed by atoms with Gasteiger partial charge in [-0.2, -0.15) is 0 Å². The molecule has 0 N–H and O–H groups in total. The fourth-order valence-electron chi connectivity index (χ4n) is 2.29. The average Bonchev–Trinajstić information content (AvgIpc) is 2.67. The molecule has 0 aromatic heterocycles. The second-order valence-corrected chi connectivity index (χ2v) is 5.62. The predicted molar refractivity (Wildman–Crippen MR) is 86.9 cm³/mol. The molecule has 1 amide bonds. The molecule has 0 spiro atoms. The van der Waals surface area contributed by atoms with Crippen LogP contribution in [0, 0.1) is 3.57 Å². The van der Waals surface area contributed by atoms with Crippen molar-refractivity contribution >= 4 is 45.8 Å². The monoisotopic (exact) mass is 361 g/mol. The van der Waals surface area contributed by atoms with Crippen LogP contribution in [0.25, 0.3) is 11.6 Å². The molecule has 0 saturated heterocycles. The van der Waals surface area contributed by atoms with Crippen molar-refractivity contribution in [2.24, 2.45) is 0 Å². The molecule has 0 fully saturated rings. The molecule has 1 heterocycles. The molecule has 0 radical (unpaired) electrons. The van der Waals surface area contributed by atoms with Gasteiger partial charge in [0.1, 0.15) is 0 Å². The molecule has 94 valence electrons. The Hall–Kier alpha value is -1.62. The van der Waals surface area contributed by atoms with Crippen molar-refractivity contribution in [3.8, 4) is 0 Å². The zero-order chi connectivity index (χ0) is 13.4. The number of hydrogen-bond acceptors (Lipinski definition) is 1. The second kappa shape index (κ2) is 4.81. The highest BCUT2D eigenvalue weighted by Crippen LogP contribution is 2.36. The number of carbonyl (C=O) groups is 1. The van der Waals surface area contributed by atoms with Crippen molar-refractivity contribution in [2.75, 3.05) is 11.9 Å². The van der Waals surface area contributed by atoms with Crippen molar-refractivity contribution < 1.29 is 4.79 Å². The molecule has 3 heteroatoms. The molecule has 1 aliphatic heterocycles. The minimum absolute atomic E-state index is 0.0563. The fraction of sp³-hybridized carbons (Fsp3) is 0.0625. The molecule has 0 saturated carbocycles. The van der Waals surface area contributed by atoms with Gasteiger partial charge < -0.3 is 4.90 Å². The summed E-state index contributed by atoms with van der Waals surface area (Å²) in [5.74, 6) is 0.0563. The van der Waals surface area contributed by atoms with Gasteiger partial charge in [0.15, 0.2) is 0 Å². The highest BCUT2D eigenvalue weighted by atomic mass is 127. The molecule has 3 rings (SSSR count). The maximum Gasteiger partial charge on any atom is 0.258 e. The van der Waals surface area contributed by atoms with Crippen LogP contribution in [-0.2, 0) is 4.79 Å². The Balaban J connectivity index is 2.16. The molecule has 0 bridgehead atoms. The first-order valence-corrected chi connectivity index (χ1v) is 7.10. The number of amides is 1. The number of carbonyl (C=O) groups excluding carboxylic acids is 1. The summed E-state index contributed by atoms with van der Waals surface area (Å²) >= 11 is 2.29. The number of likely N-dealkylation sites (N-methyl/N-ethyl adjacent to an activating group) is 1. The largest absolute Gasteiger partial charge is 0.311 e. The molecule has 0 aliphatic carbocycles. The predicted octanol–water partition coefficient (Wildman–Crippen LogP) is 3.81. The highest BCUT2D eigenvalue weighted by Gasteiger charge is 2.28. The summed E-state index contributed by atoms with van der Waals surface area (Å²) in [5, 5.41) is 0. The first kappa shape index (κ1) is 12.4. The van der Waals surface area contributed by atoms with Gasteiger partial charge in [0.25, 0.3) is 5.91 Å². The standard InChI is InChI=1S/C16H12INO/c1-18-15-9-5-3-7-12(15)13(16(18)19)10-11-6-2-4-8-14(11)17/h2-10H,1H3/b13-10-. The van der Waals surface area contributed by atoms with E-state index in [1.807, 2.05) is 61.7 Å². The average molecular weight is 361 g/mol. The van der Waals surface area contributed by atoms with E-state index < -0.39 is 0 Å². The summed E-state index contributed by atoms with van der Waals surface area (Å²) in [6.45, 7) is 0. The van der Waals surface area contributed by atoms with Crippen molar-refractivity contribution in [1.29, 1.82) is 0 Å². The van der Waals surface area contributed by atoms with E-state index in [-0.39, 0.29) is 5.91 Å². The van der Waals surface area contributed by atoms with E-state index in [4.69, 9.17) is 0 Å². The van der Waals surface area contributed by atoms with Crippen LogP contribution in [0.15, 0.2) is 48.5 Å². The van der Waals surface area contributed by atoms with Crippen molar-refractivity contribution in [2.45, 2.75) is 0 Å². The molecular weight excluding hydrogens is 349 g/mol. The van der Waals surface area contributed by atoms with Crippen LogP contribution in [0.1, 0.15) is 11.1 Å². The summed E-state index contributed by atoms with van der Waals surface area (Å²) in [5.41, 5.74) is 3.83. The second-order valence-electron chi connectivity index (χ2n) is 4.46. The van der Waals surface area contributed by atoms with Crippen LogP contribution in [0.4, 0.5) is 5.69 Å². The Labute approximate surface area is 125 Å². The smallest absolute Gasteiger partial charge is 0.258 e. The van der Waals surface area contributed by atoms with Gasteiger partial charge in [-0.15, -0.1) is 0 Å². The number of para-hydroxylation sites is 1. The van der Waals surface area contributed by atoms with Crippen LogP contribution >= 0.6 is 22.6 Å². The summed E-state index contributed by atoms with van der Waals surface area (Å²) in [6, 6.07) is 16.0. The third-order valence-electron chi connectivity index (χ3n) is 3.30. The van der Waals surface area contributed by atoms with Gasteiger partial charge in [-0.05, 0) is 46.4 Å². The number of rotatable bonds is 1. The molecule has 2 aromatic carbocycles. The fourth-order valence-corrected chi connectivity index (χ4v) is 2.83. The Bertz CT molecular complexity index is 691. The summed E-state index contributed by atoms with van der Waals surface area (Å²) in [7, 11) is 1.82. The van der Waals surface area contributed by atoms with Gasteiger partial charge in [0.05, 0.1) is 5.69 Å². The minimum atomic E-state index is 0.0563. The third kappa shape index (κ3) is 2.08. The van der Waals surface area contributed by atoms with Crippen LogP contribution in [0.3, 0.4) is 0 Å². The normalized spacial score (nSPS) is 16.0. The van der Waals surface area contributed by atoms with E-state index >= 15 is 0 Å². The lowest BCUT2D eigenvalue weighted by Crippen LogP contribution is -2.20. The molecule has 2 aromatic rings. The van der Waals surface area contributed by atoms with Gasteiger partial charge >= 0.3 is 0 Å². The summed E-state index contributed by atoms with van der Waals surface area (Å²) in [4.78, 5) is 14.0. The van der Waals surface area contributed by atoms with E-state index in [0.717, 1.165) is 26.0 Å². The number of benzene rings is 2. The Kier molecular flexibility index (Phi) is 3.14. The molecule has 0 atom stereocenters. The van der Waals surface area contributed by atoms with E-state index in [0.29, 0.717) is 0 Å². The van der Waals surface area contributed by atoms with Gasteiger partial charge in [0, 0.05) is 21.8 Å². The van der Waals surface area contributed by atoms with Gasteiger partial charge in [-0.3, -0.25) is 4.79 Å². The van der Waals surface area contributed by atoms with Crippen molar-refractivity contribution in [3.05, 3.63) is 63.2 Å².